The van der Waals surface area contributed by atoms with Gasteiger partial charge in [-0.15, -0.1) is 0 Å². The second-order valence-electron chi connectivity index (χ2n) is 7.08. The summed E-state index contributed by atoms with van der Waals surface area (Å²) in [5, 5.41) is 12.1. The molecule has 2 fully saturated rings. The number of likely N-dealkylation sites (tertiary alicyclic amines) is 1. The van der Waals surface area contributed by atoms with Crippen molar-refractivity contribution in [3.63, 3.8) is 0 Å². The molecule has 1 aromatic carbocycles. The first-order chi connectivity index (χ1) is 12.4. The smallest absolute Gasteiger partial charge is 0.310 e. The van der Waals surface area contributed by atoms with Crippen molar-refractivity contribution in [1.82, 2.24) is 4.90 Å². The summed E-state index contributed by atoms with van der Waals surface area (Å²) in [4.78, 5) is 38.2. The molecule has 2 amide bonds. The molecule has 2 aliphatic rings. The molecule has 1 heterocycles. The summed E-state index contributed by atoms with van der Waals surface area (Å²) in [6, 6.07) is 4.93. The number of ether oxygens (including phenoxy) is 1. The number of methoxy groups -OCH3 is 1. The zero-order valence-electron chi connectivity index (χ0n) is 14.9. The van der Waals surface area contributed by atoms with Gasteiger partial charge in [0.25, 0.3) is 5.91 Å². The lowest BCUT2D eigenvalue weighted by Crippen LogP contribution is -2.41. The molecule has 1 aliphatic heterocycles. The number of anilines is 1. The van der Waals surface area contributed by atoms with Crippen LogP contribution in [0.2, 0.25) is 0 Å². The van der Waals surface area contributed by atoms with E-state index in [0.717, 1.165) is 32.4 Å². The topological polar surface area (TPSA) is 95.9 Å². The number of hydrogen-bond acceptors (Lipinski definition) is 4. The fraction of sp³-hybridized carbons (Fsp3) is 0.526. The molecule has 2 N–H and O–H groups in total. The van der Waals surface area contributed by atoms with E-state index in [9.17, 15) is 19.5 Å². The van der Waals surface area contributed by atoms with Gasteiger partial charge in [-0.3, -0.25) is 14.4 Å². The van der Waals surface area contributed by atoms with Crippen LogP contribution in [-0.4, -0.2) is 48.0 Å². The molecule has 0 atom stereocenters. The van der Waals surface area contributed by atoms with Crippen molar-refractivity contribution < 1.29 is 24.2 Å². The quantitative estimate of drug-likeness (QED) is 0.813. The number of aliphatic carboxylic acids is 1. The van der Waals surface area contributed by atoms with Crippen LogP contribution >= 0.6 is 0 Å². The van der Waals surface area contributed by atoms with E-state index in [0.29, 0.717) is 29.8 Å². The monoisotopic (exact) mass is 360 g/mol. The van der Waals surface area contributed by atoms with E-state index < -0.39 is 11.4 Å². The highest BCUT2D eigenvalue weighted by atomic mass is 16.5. The Hall–Kier alpha value is -2.57. The molecule has 7 nitrogen and oxygen atoms in total. The average molecular weight is 360 g/mol. The zero-order chi connectivity index (χ0) is 18.7. The molecule has 0 radical (unpaired) electrons. The molecule has 0 aromatic heterocycles. The predicted octanol–water partition coefficient (Wildman–Crippen LogP) is 2.51. The Balaban J connectivity index is 1.75. The molecule has 0 spiro atoms. The highest BCUT2D eigenvalue weighted by Gasteiger charge is 2.46. The highest BCUT2D eigenvalue weighted by Crippen LogP contribution is 2.44. The fourth-order valence-corrected chi connectivity index (χ4v) is 3.61. The van der Waals surface area contributed by atoms with E-state index in [1.54, 1.807) is 23.1 Å². The van der Waals surface area contributed by atoms with Gasteiger partial charge in [-0.25, -0.2) is 0 Å². The molecule has 7 heteroatoms. The van der Waals surface area contributed by atoms with Gasteiger partial charge in [0, 0.05) is 25.1 Å². The van der Waals surface area contributed by atoms with Gasteiger partial charge in [0.1, 0.15) is 5.75 Å². The summed E-state index contributed by atoms with van der Waals surface area (Å²) in [6.07, 6.45) is 3.78. The number of carbonyl (C=O) groups excluding carboxylic acids is 2. The molecule has 26 heavy (non-hydrogen) atoms. The summed E-state index contributed by atoms with van der Waals surface area (Å²) >= 11 is 0. The van der Waals surface area contributed by atoms with Gasteiger partial charge in [0.2, 0.25) is 5.91 Å². The number of carboxylic acid groups (broad SMARTS) is 1. The lowest BCUT2D eigenvalue weighted by atomic mass is 9.66. The third-order valence-electron chi connectivity index (χ3n) is 5.38. The van der Waals surface area contributed by atoms with E-state index in [2.05, 4.69) is 5.32 Å². The number of carbonyl (C=O) groups is 3. The van der Waals surface area contributed by atoms with Gasteiger partial charge in [-0.2, -0.15) is 0 Å². The van der Waals surface area contributed by atoms with Gasteiger partial charge in [0.05, 0.1) is 18.2 Å². The molecule has 140 valence electrons. The minimum atomic E-state index is -0.958. The van der Waals surface area contributed by atoms with Crippen LogP contribution in [0.1, 0.15) is 48.9 Å². The Kier molecular flexibility index (Phi) is 5.15. The maximum absolute atomic E-state index is 12.6. The number of rotatable bonds is 6. The van der Waals surface area contributed by atoms with Gasteiger partial charge in [-0.05, 0) is 43.9 Å². The predicted molar refractivity (Wildman–Crippen MR) is 95.3 cm³/mol. The van der Waals surface area contributed by atoms with E-state index in [4.69, 9.17) is 4.74 Å². The SMILES string of the molecule is COc1ccc(C(=O)N2CCCC2)cc1NC(=O)CC1(C(=O)O)CCC1. The number of nitrogens with one attached hydrogen (secondary N) is 1. The van der Waals surface area contributed by atoms with Gasteiger partial charge in [-0.1, -0.05) is 6.42 Å². The largest absolute Gasteiger partial charge is 0.495 e. The summed E-state index contributed by atoms with van der Waals surface area (Å²) in [5.74, 6) is -0.934. The molecular formula is C19H24N2O5. The van der Waals surface area contributed by atoms with Crippen molar-refractivity contribution in [2.75, 3.05) is 25.5 Å². The Morgan fingerprint density at radius 1 is 1.19 bits per heavy atom. The van der Waals surface area contributed by atoms with Crippen molar-refractivity contribution >= 4 is 23.5 Å². The molecule has 1 aromatic rings. The van der Waals surface area contributed by atoms with Crippen LogP contribution in [0, 0.1) is 5.41 Å². The van der Waals surface area contributed by atoms with Crippen LogP contribution in [-0.2, 0) is 9.59 Å². The molecule has 0 unspecified atom stereocenters. The average Bonchev–Trinajstić information content (AvgIpc) is 3.11. The lowest BCUT2D eigenvalue weighted by Gasteiger charge is -2.36. The van der Waals surface area contributed by atoms with Gasteiger partial charge >= 0.3 is 5.97 Å². The Morgan fingerprint density at radius 2 is 1.88 bits per heavy atom. The molecular weight excluding hydrogens is 336 g/mol. The van der Waals surface area contributed by atoms with Crippen LogP contribution in [0.4, 0.5) is 5.69 Å². The molecule has 1 saturated heterocycles. The Bertz CT molecular complexity index is 721. The zero-order valence-corrected chi connectivity index (χ0v) is 14.9. The van der Waals surface area contributed by atoms with Gasteiger partial charge < -0.3 is 20.1 Å². The van der Waals surface area contributed by atoms with Crippen LogP contribution in [0.3, 0.4) is 0 Å². The number of carboxylic acids is 1. The van der Waals surface area contributed by atoms with Crippen LogP contribution < -0.4 is 10.1 Å². The van der Waals surface area contributed by atoms with Crippen molar-refractivity contribution in [2.45, 2.75) is 38.5 Å². The standard InChI is InChI=1S/C19H24N2O5/c1-26-15-6-5-13(17(23)21-9-2-3-10-21)11-14(15)20-16(22)12-19(18(24)25)7-4-8-19/h5-6,11H,2-4,7-10,12H2,1H3,(H,20,22)(H,24,25). The first kappa shape index (κ1) is 18.2. The fourth-order valence-electron chi connectivity index (χ4n) is 3.61. The van der Waals surface area contributed by atoms with Crippen molar-refractivity contribution in [3.05, 3.63) is 23.8 Å². The second kappa shape index (κ2) is 7.35. The van der Waals surface area contributed by atoms with E-state index in [1.165, 1.54) is 7.11 Å². The van der Waals surface area contributed by atoms with Crippen molar-refractivity contribution in [1.29, 1.82) is 0 Å². The van der Waals surface area contributed by atoms with Crippen LogP contribution in [0.25, 0.3) is 0 Å². The number of hydrogen-bond donors (Lipinski definition) is 2. The van der Waals surface area contributed by atoms with E-state index in [-0.39, 0.29) is 18.2 Å². The van der Waals surface area contributed by atoms with E-state index >= 15 is 0 Å². The maximum Gasteiger partial charge on any atom is 0.310 e. The summed E-state index contributed by atoms with van der Waals surface area (Å²) in [6.45, 7) is 1.49. The van der Waals surface area contributed by atoms with Gasteiger partial charge in [0.15, 0.2) is 0 Å². The number of amides is 2. The molecule has 1 aliphatic carbocycles. The first-order valence-corrected chi connectivity index (χ1v) is 8.96. The number of nitrogens with zero attached hydrogens (tertiary/aromatic N) is 1. The molecule has 3 rings (SSSR count). The third-order valence-corrected chi connectivity index (χ3v) is 5.38. The van der Waals surface area contributed by atoms with Crippen molar-refractivity contribution in [3.8, 4) is 5.75 Å². The molecule has 0 bridgehead atoms. The summed E-state index contributed by atoms with van der Waals surface area (Å²) < 4.78 is 5.27. The molecule has 1 saturated carbocycles. The third kappa shape index (κ3) is 3.52. The van der Waals surface area contributed by atoms with E-state index in [1.807, 2.05) is 0 Å². The normalized spacial score (nSPS) is 18.1. The van der Waals surface area contributed by atoms with Crippen LogP contribution in [0.15, 0.2) is 18.2 Å². The van der Waals surface area contributed by atoms with Crippen molar-refractivity contribution in [2.24, 2.45) is 5.41 Å². The Labute approximate surface area is 152 Å². The number of benzene rings is 1. The minimum absolute atomic E-state index is 0.0679. The summed E-state index contributed by atoms with van der Waals surface area (Å²) in [5.41, 5.74) is -0.0812. The summed E-state index contributed by atoms with van der Waals surface area (Å²) in [7, 11) is 1.48. The maximum atomic E-state index is 12.6. The second-order valence-corrected chi connectivity index (χ2v) is 7.08. The minimum Gasteiger partial charge on any atom is -0.495 e. The van der Waals surface area contributed by atoms with Crippen LogP contribution in [0.5, 0.6) is 5.75 Å². The lowest BCUT2D eigenvalue weighted by molar-refractivity contribution is -0.157. The highest BCUT2D eigenvalue weighted by molar-refractivity contribution is 5.99. The Morgan fingerprint density at radius 3 is 2.42 bits per heavy atom. The first-order valence-electron chi connectivity index (χ1n) is 8.96.